The van der Waals surface area contributed by atoms with Crippen LogP contribution in [0, 0.1) is 11.3 Å². The van der Waals surface area contributed by atoms with Crippen molar-refractivity contribution in [3.63, 3.8) is 0 Å². The predicted molar refractivity (Wildman–Crippen MR) is 110 cm³/mol. The smallest absolute Gasteiger partial charge is 0.238 e. The lowest BCUT2D eigenvalue weighted by Crippen LogP contribution is -2.33. The predicted octanol–water partition coefficient (Wildman–Crippen LogP) is 4.15. The number of nitriles is 1. The number of carbonyl (C=O) groups excluding carboxylic acids is 1. The molecule has 29 heavy (non-hydrogen) atoms. The van der Waals surface area contributed by atoms with Crippen LogP contribution < -0.4 is 14.8 Å². The van der Waals surface area contributed by atoms with Crippen molar-refractivity contribution in [2.24, 2.45) is 0 Å². The topological polar surface area (TPSA) is 74.6 Å². The van der Waals surface area contributed by atoms with E-state index in [9.17, 15) is 10.1 Å². The van der Waals surface area contributed by atoms with E-state index in [0.717, 1.165) is 42.9 Å². The minimum Gasteiger partial charge on any atom is -0.490 e. The van der Waals surface area contributed by atoms with E-state index in [1.165, 1.54) is 0 Å². The largest absolute Gasteiger partial charge is 0.490 e. The van der Waals surface area contributed by atoms with Crippen LogP contribution in [0.5, 0.6) is 11.5 Å². The molecule has 1 atom stereocenters. The van der Waals surface area contributed by atoms with Crippen LogP contribution in [0.2, 0.25) is 5.02 Å². The highest BCUT2D eigenvalue weighted by molar-refractivity contribution is 6.31. The SMILES string of the molecule is N#Cc1ccc(Cl)cc1NC(=O)CN1CCC[C@@H]1c1ccc2c(c1)OCCCO2. The van der Waals surface area contributed by atoms with Crippen molar-refractivity contribution in [2.75, 3.05) is 31.6 Å². The van der Waals surface area contributed by atoms with Crippen molar-refractivity contribution in [1.82, 2.24) is 4.90 Å². The molecule has 0 saturated carbocycles. The van der Waals surface area contributed by atoms with Gasteiger partial charge in [-0.25, -0.2) is 0 Å². The second-order valence-corrected chi connectivity index (χ2v) is 7.67. The van der Waals surface area contributed by atoms with Gasteiger partial charge in [0.05, 0.1) is 31.0 Å². The Hall–Kier alpha value is -2.75. The molecule has 1 fully saturated rings. The molecule has 1 N–H and O–H groups in total. The summed E-state index contributed by atoms with van der Waals surface area (Å²) in [5.74, 6) is 1.39. The lowest BCUT2D eigenvalue weighted by molar-refractivity contribution is -0.117. The Morgan fingerprint density at radius 3 is 2.83 bits per heavy atom. The van der Waals surface area contributed by atoms with Gasteiger partial charge in [-0.2, -0.15) is 5.26 Å². The third-order valence-electron chi connectivity index (χ3n) is 5.24. The molecule has 2 aromatic carbocycles. The summed E-state index contributed by atoms with van der Waals surface area (Å²) in [5, 5.41) is 12.5. The minimum absolute atomic E-state index is 0.146. The van der Waals surface area contributed by atoms with Crippen molar-refractivity contribution in [3.8, 4) is 17.6 Å². The van der Waals surface area contributed by atoms with E-state index in [1.807, 2.05) is 12.1 Å². The number of fused-ring (bicyclic) bond motifs is 1. The van der Waals surface area contributed by atoms with E-state index >= 15 is 0 Å². The lowest BCUT2D eigenvalue weighted by atomic mass is 10.0. The maximum atomic E-state index is 12.7. The Labute approximate surface area is 175 Å². The number of likely N-dealkylation sites (tertiary alicyclic amines) is 1. The van der Waals surface area contributed by atoms with Crippen LogP contribution in [0.25, 0.3) is 0 Å². The van der Waals surface area contributed by atoms with Crippen molar-refractivity contribution in [2.45, 2.75) is 25.3 Å². The molecule has 1 amide bonds. The number of halogens is 1. The first kappa shape index (κ1) is 19.6. The van der Waals surface area contributed by atoms with Crippen LogP contribution >= 0.6 is 11.6 Å². The number of benzene rings is 2. The molecule has 2 aromatic rings. The first-order valence-electron chi connectivity index (χ1n) is 9.77. The van der Waals surface area contributed by atoms with Crippen LogP contribution in [0.15, 0.2) is 36.4 Å². The molecule has 1 saturated heterocycles. The Bertz CT molecular complexity index is 957. The first-order valence-corrected chi connectivity index (χ1v) is 10.1. The summed E-state index contributed by atoms with van der Waals surface area (Å²) in [6.07, 6.45) is 2.87. The van der Waals surface area contributed by atoms with Gasteiger partial charge in [-0.3, -0.25) is 9.69 Å². The van der Waals surface area contributed by atoms with Gasteiger partial charge in [0.1, 0.15) is 6.07 Å². The van der Waals surface area contributed by atoms with Gasteiger partial charge in [0.2, 0.25) is 5.91 Å². The number of amides is 1. The van der Waals surface area contributed by atoms with Gasteiger partial charge in [0.15, 0.2) is 11.5 Å². The second kappa shape index (κ2) is 8.73. The van der Waals surface area contributed by atoms with Gasteiger partial charge >= 0.3 is 0 Å². The van der Waals surface area contributed by atoms with E-state index in [0.29, 0.717) is 29.5 Å². The Kier molecular flexibility index (Phi) is 5.89. The van der Waals surface area contributed by atoms with E-state index in [1.54, 1.807) is 18.2 Å². The van der Waals surface area contributed by atoms with Crippen molar-refractivity contribution < 1.29 is 14.3 Å². The van der Waals surface area contributed by atoms with Crippen LogP contribution in [0.4, 0.5) is 5.69 Å². The van der Waals surface area contributed by atoms with Crippen molar-refractivity contribution >= 4 is 23.2 Å². The summed E-state index contributed by atoms with van der Waals surface area (Å²) in [6.45, 7) is 2.40. The van der Waals surface area contributed by atoms with Crippen LogP contribution in [-0.4, -0.2) is 37.1 Å². The fraction of sp³-hybridized carbons (Fsp3) is 0.364. The molecule has 2 heterocycles. The number of nitrogens with one attached hydrogen (secondary N) is 1. The Balaban J connectivity index is 1.47. The molecule has 7 heteroatoms. The highest BCUT2D eigenvalue weighted by Crippen LogP contribution is 2.37. The maximum Gasteiger partial charge on any atom is 0.238 e. The third kappa shape index (κ3) is 4.47. The van der Waals surface area contributed by atoms with E-state index in [2.05, 4.69) is 22.4 Å². The summed E-state index contributed by atoms with van der Waals surface area (Å²) in [5.41, 5.74) is 1.96. The average molecular weight is 412 g/mol. The summed E-state index contributed by atoms with van der Waals surface area (Å²) < 4.78 is 11.5. The molecule has 6 nitrogen and oxygen atoms in total. The van der Waals surface area contributed by atoms with Crippen LogP contribution in [-0.2, 0) is 4.79 Å². The molecule has 0 aliphatic carbocycles. The molecule has 0 radical (unpaired) electrons. The van der Waals surface area contributed by atoms with Gasteiger partial charge < -0.3 is 14.8 Å². The van der Waals surface area contributed by atoms with Gasteiger partial charge in [-0.05, 0) is 55.3 Å². The first-order chi connectivity index (χ1) is 14.1. The zero-order valence-electron chi connectivity index (χ0n) is 16.0. The standard InChI is InChI=1S/C22H22ClN3O3/c23-17-6-4-16(13-24)18(12-17)25-22(27)14-26-8-1-3-19(26)15-5-7-20-21(11-15)29-10-2-9-28-20/h4-7,11-12,19H,1-3,8-10,14H2,(H,25,27)/t19-/m1/s1. The molecule has 0 unspecified atom stereocenters. The van der Waals surface area contributed by atoms with Gasteiger partial charge in [-0.15, -0.1) is 0 Å². The minimum atomic E-state index is -0.162. The average Bonchev–Trinajstić information content (AvgIpc) is 3.03. The summed E-state index contributed by atoms with van der Waals surface area (Å²) in [4.78, 5) is 14.8. The van der Waals surface area contributed by atoms with E-state index < -0.39 is 0 Å². The van der Waals surface area contributed by atoms with Crippen LogP contribution in [0.1, 0.15) is 36.4 Å². The molecule has 150 valence electrons. The van der Waals surface area contributed by atoms with E-state index in [-0.39, 0.29) is 18.5 Å². The number of ether oxygens (including phenoxy) is 2. The number of carbonyl (C=O) groups is 1. The monoisotopic (exact) mass is 411 g/mol. The molecule has 0 spiro atoms. The Morgan fingerprint density at radius 2 is 2.00 bits per heavy atom. The van der Waals surface area contributed by atoms with Gasteiger partial charge in [0, 0.05) is 17.5 Å². The van der Waals surface area contributed by atoms with Crippen LogP contribution in [0.3, 0.4) is 0 Å². The zero-order chi connectivity index (χ0) is 20.2. The second-order valence-electron chi connectivity index (χ2n) is 7.24. The highest BCUT2D eigenvalue weighted by Gasteiger charge is 2.28. The van der Waals surface area contributed by atoms with E-state index in [4.69, 9.17) is 21.1 Å². The molecular formula is C22H22ClN3O3. The summed E-state index contributed by atoms with van der Waals surface area (Å²) in [6, 6.07) is 13.1. The number of rotatable bonds is 4. The third-order valence-corrected chi connectivity index (χ3v) is 5.48. The van der Waals surface area contributed by atoms with Gasteiger partial charge in [0.25, 0.3) is 0 Å². The number of hydrogen-bond donors (Lipinski definition) is 1. The maximum absolute atomic E-state index is 12.7. The quantitative estimate of drug-likeness (QED) is 0.818. The zero-order valence-corrected chi connectivity index (χ0v) is 16.7. The molecular weight excluding hydrogens is 390 g/mol. The normalized spacial score (nSPS) is 18.7. The number of anilines is 1. The fourth-order valence-electron chi connectivity index (χ4n) is 3.87. The summed E-state index contributed by atoms with van der Waals surface area (Å²) in [7, 11) is 0. The number of hydrogen-bond acceptors (Lipinski definition) is 5. The molecule has 2 aliphatic heterocycles. The Morgan fingerprint density at radius 1 is 1.17 bits per heavy atom. The molecule has 0 bridgehead atoms. The van der Waals surface area contributed by atoms with Crippen molar-refractivity contribution in [1.29, 1.82) is 5.26 Å². The molecule has 0 aromatic heterocycles. The van der Waals surface area contributed by atoms with Crippen molar-refractivity contribution in [3.05, 3.63) is 52.5 Å². The molecule has 4 rings (SSSR count). The fourth-order valence-corrected chi connectivity index (χ4v) is 4.04. The highest BCUT2D eigenvalue weighted by atomic mass is 35.5. The molecule has 2 aliphatic rings. The van der Waals surface area contributed by atoms with Gasteiger partial charge in [-0.1, -0.05) is 17.7 Å². The summed E-state index contributed by atoms with van der Waals surface area (Å²) >= 11 is 6.01. The number of nitrogens with zero attached hydrogens (tertiary/aromatic N) is 2. The lowest BCUT2D eigenvalue weighted by Gasteiger charge is -2.25.